The van der Waals surface area contributed by atoms with E-state index in [1.54, 1.807) is 0 Å². The SMILES string of the molecule is Cc1cc(C)c2c(c1)N(c1cccc(N3c4cc(C)cc(C)c4N(C)[C@@H]3C)c1C)[C@H](C)N2C. The van der Waals surface area contributed by atoms with E-state index in [9.17, 15) is 0 Å². The summed E-state index contributed by atoms with van der Waals surface area (Å²) in [6.45, 7) is 15.7. The summed E-state index contributed by atoms with van der Waals surface area (Å²) in [5.74, 6) is 0. The minimum absolute atomic E-state index is 0.255. The van der Waals surface area contributed by atoms with E-state index >= 15 is 0 Å². The largest absolute Gasteiger partial charge is 0.352 e. The van der Waals surface area contributed by atoms with Gasteiger partial charge in [0.2, 0.25) is 0 Å². The molecule has 2 heterocycles. The lowest BCUT2D eigenvalue weighted by atomic mass is 10.0. The van der Waals surface area contributed by atoms with Crippen molar-refractivity contribution < 1.29 is 0 Å². The normalized spacial score (nSPS) is 19.4. The van der Waals surface area contributed by atoms with Gasteiger partial charge < -0.3 is 19.6 Å². The van der Waals surface area contributed by atoms with Gasteiger partial charge in [-0.15, -0.1) is 0 Å². The Kier molecular flexibility index (Phi) is 4.89. The van der Waals surface area contributed by atoms with Crippen LogP contribution in [0.25, 0.3) is 0 Å². The summed E-state index contributed by atoms with van der Waals surface area (Å²) in [5, 5.41) is 0. The fourth-order valence-corrected chi connectivity index (χ4v) is 6.08. The molecule has 0 unspecified atom stereocenters. The van der Waals surface area contributed by atoms with Crippen LogP contribution in [0.2, 0.25) is 0 Å². The van der Waals surface area contributed by atoms with Gasteiger partial charge in [0.1, 0.15) is 12.3 Å². The summed E-state index contributed by atoms with van der Waals surface area (Å²) >= 11 is 0. The van der Waals surface area contributed by atoms with Crippen LogP contribution in [-0.4, -0.2) is 26.4 Å². The molecular formula is C29H36N4. The summed E-state index contributed by atoms with van der Waals surface area (Å²) in [6.07, 6.45) is 0.509. The number of aryl methyl sites for hydroxylation is 4. The smallest absolute Gasteiger partial charge is 0.103 e. The van der Waals surface area contributed by atoms with Crippen molar-refractivity contribution in [1.82, 2.24) is 0 Å². The van der Waals surface area contributed by atoms with Gasteiger partial charge in [-0.25, -0.2) is 0 Å². The molecule has 0 bridgehead atoms. The summed E-state index contributed by atoms with van der Waals surface area (Å²) in [5.41, 5.74) is 14.5. The first kappa shape index (κ1) is 21.7. The zero-order valence-electron chi connectivity index (χ0n) is 21.5. The van der Waals surface area contributed by atoms with E-state index in [0.29, 0.717) is 0 Å². The lowest BCUT2D eigenvalue weighted by Gasteiger charge is -2.33. The zero-order valence-corrected chi connectivity index (χ0v) is 21.5. The number of nitrogens with zero attached hydrogens (tertiary/aromatic N) is 4. The maximum Gasteiger partial charge on any atom is 0.103 e. The Hall–Kier alpha value is -3.14. The van der Waals surface area contributed by atoms with Crippen molar-refractivity contribution >= 4 is 34.1 Å². The van der Waals surface area contributed by atoms with E-state index in [-0.39, 0.29) is 12.3 Å². The maximum atomic E-state index is 2.51. The molecule has 0 N–H and O–H groups in total. The molecule has 0 radical (unpaired) electrons. The minimum atomic E-state index is 0.255. The van der Waals surface area contributed by atoms with Gasteiger partial charge >= 0.3 is 0 Å². The van der Waals surface area contributed by atoms with Crippen LogP contribution >= 0.6 is 0 Å². The molecule has 0 aromatic heterocycles. The second-order valence-electron chi connectivity index (χ2n) is 10.0. The first-order valence-electron chi connectivity index (χ1n) is 12.0. The van der Waals surface area contributed by atoms with Gasteiger partial charge in [-0.05, 0) is 101 Å². The van der Waals surface area contributed by atoms with Gasteiger partial charge in [-0.3, -0.25) is 0 Å². The minimum Gasteiger partial charge on any atom is -0.352 e. The van der Waals surface area contributed by atoms with Gasteiger partial charge in [0.25, 0.3) is 0 Å². The van der Waals surface area contributed by atoms with Crippen molar-refractivity contribution in [2.24, 2.45) is 0 Å². The highest BCUT2D eigenvalue weighted by Crippen LogP contribution is 2.50. The lowest BCUT2D eigenvalue weighted by molar-refractivity contribution is 0.724. The van der Waals surface area contributed by atoms with Gasteiger partial charge in [-0.2, -0.15) is 0 Å². The monoisotopic (exact) mass is 440 g/mol. The van der Waals surface area contributed by atoms with Crippen LogP contribution in [0.15, 0.2) is 42.5 Å². The van der Waals surface area contributed by atoms with Crippen LogP contribution in [0, 0.1) is 34.6 Å². The molecule has 3 aromatic rings. The average molecular weight is 441 g/mol. The Balaban J connectivity index is 1.68. The molecule has 0 fully saturated rings. The fraction of sp³-hybridized carbons (Fsp3) is 0.379. The van der Waals surface area contributed by atoms with E-state index in [4.69, 9.17) is 0 Å². The van der Waals surface area contributed by atoms with Gasteiger partial charge in [0.15, 0.2) is 0 Å². The van der Waals surface area contributed by atoms with Crippen molar-refractivity contribution in [3.05, 3.63) is 70.3 Å². The second-order valence-corrected chi connectivity index (χ2v) is 10.0. The van der Waals surface area contributed by atoms with E-state index in [1.807, 2.05) is 0 Å². The van der Waals surface area contributed by atoms with Gasteiger partial charge in [0, 0.05) is 25.5 Å². The highest BCUT2D eigenvalue weighted by atomic mass is 15.4. The van der Waals surface area contributed by atoms with E-state index < -0.39 is 0 Å². The number of hydrogen-bond donors (Lipinski definition) is 0. The Bertz CT molecular complexity index is 1170. The standard InChI is InChI=1S/C29H36N4/c1-17-13-19(3)28-26(15-17)32(22(6)30(28)8)24-11-10-12-25(21(24)5)33-23(7)31(9)29-20(4)14-18(2)16-27(29)33/h10-16,22-23H,1-9H3/t22-,23+. The van der Waals surface area contributed by atoms with Crippen molar-refractivity contribution in [2.75, 3.05) is 33.7 Å². The molecule has 4 heteroatoms. The molecule has 5 rings (SSSR count). The zero-order chi connectivity index (χ0) is 23.8. The first-order chi connectivity index (χ1) is 15.6. The fourth-order valence-electron chi connectivity index (χ4n) is 6.08. The Labute approximate surface area is 199 Å². The Morgan fingerprint density at radius 3 is 1.36 bits per heavy atom. The molecule has 0 saturated carbocycles. The summed E-state index contributed by atoms with van der Waals surface area (Å²) in [7, 11) is 4.43. The lowest BCUT2D eigenvalue weighted by Crippen LogP contribution is -2.37. The molecule has 0 spiro atoms. The topological polar surface area (TPSA) is 13.0 Å². The third kappa shape index (κ3) is 3.03. The number of anilines is 6. The van der Waals surface area contributed by atoms with E-state index in [0.717, 1.165) is 0 Å². The molecule has 0 amide bonds. The molecular weight excluding hydrogens is 404 g/mol. The molecule has 0 saturated heterocycles. The van der Waals surface area contributed by atoms with Crippen molar-refractivity contribution in [3.63, 3.8) is 0 Å². The molecule has 2 atom stereocenters. The van der Waals surface area contributed by atoms with E-state index in [1.165, 1.54) is 61.9 Å². The number of rotatable bonds is 2. The van der Waals surface area contributed by atoms with Crippen LogP contribution in [0.4, 0.5) is 34.1 Å². The maximum absolute atomic E-state index is 2.51. The number of benzene rings is 3. The Morgan fingerprint density at radius 2 is 0.970 bits per heavy atom. The molecule has 0 aliphatic carbocycles. The molecule has 4 nitrogen and oxygen atoms in total. The van der Waals surface area contributed by atoms with Crippen LogP contribution in [0.5, 0.6) is 0 Å². The molecule has 2 aliphatic rings. The van der Waals surface area contributed by atoms with Gasteiger partial charge in [0.05, 0.1) is 22.7 Å². The van der Waals surface area contributed by atoms with Crippen molar-refractivity contribution in [3.8, 4) is 0 Å². The third-order valence-electron chi connectivity index (χ3n) is 7.74. The number of fused-ring (bicyclic) bond motifs is 2. The van der Waals surface area contributed by atoms with Crippen molar-refractivity contribution in [1.29, 1.82) is 0 Å². The average Bonchev–Trinajstić information content (AvgIpc) is 3.13. The van der Waals surface area contributed by atoms with Crippen LogP contribution in [0.1, 0.15) is 41.7 Å². The highest BCUT2D eigenvalue weighted by molar-refractivity contribution is 5.91. The van der Waals surface area contributed by atoms with Crippen LogP contribution in [0.3, 0.4) is 0 Å². The summed E-state index contributed by atoms with van der Waals surface area (Å²) in [4.78, 5) is 9.84. The molecule has 172 valence electrons. The van der Waals surface area contributed by atoms with Gasteiger partial charge in [-0.1, -0.05) is 18.2 Å². The summed E-state index contributed by atoms with van der Waals surface area (Å²) < 4.78 is 0. The second kappa shape index (κ2) is 7.44. The Morgan fingerprint density at radius 1 is 0.576 bits per heavy atom. The molecule has 2 aliphatic heterocycles. The molecule has 3 aromatic carbocycles. The summed E-state index contributed by atoms with van der Waals surface area (Å²) in [6, 6.07) is 16.0. The number of hydrogen-bond acceptors (Lipinski definition) is 4. The predicted molar refractivity (Wildman–Crippen MR) is 143 cm³/mol. The van der Waals surface area contributed by atoms with E-state index in [2.05, 4.69) is 125 Å². The third-order valence-corrected chi connectivity index (χ3v) is 7.74. The predicted octanol–water partition coefficient (Wildman–Crippen LogP) is 7.10. The van der Waals surface area contributed by atoms with Crippen molar-refractivity contribution in [2.45, 2.75) is 60.8 Å². The quantitative estimate of drug-likeness (QED) is 0.421. The highest BCUT2D eigenvalue weighted by Gasteiger charge is 2.37. The van der Waals surface area contributed by atoms with Crippen LogP contribution < -0.4 is 19.6 Å². The molecule has 33 heavy (non-hydrogen) atoms. The first-order valence-corrected chi connectivity index (χ1v) is 12.0. The van der Waals surface area contributed by atoms with Crippen LogP contribution in [-0.2, 0) is 0 Å².